The fourth-order valence-electron chi connectivity index (χ4n) is 2.04. The summed E-state index contributed by atoms with van der Waals surface area (Å²) in [5.74, 6) is 0.860. The average Bonchev–Trinajstić information content (AvgIpc) is 2.57. The summed E-state index contributed by atoms with van der Waals surface area (Å²) in [6.45, 7) is 3.15. The fraction of sp³-hybridized carbons (Fsp3) is 0.462. The lowest BCUT2D eigenvalue weighted by Gasteiger charge is -2.19. The van der Waals surface area contributed by atoms with Crippen LogP contribution < -0.4 is 10.5 Å². The van der Waals surface area contributed by atoms with Gasteiger partial charge < -0.3 is 15.4 Å². The monoisotopic (exact) mass is 234 g/mol. The first kappa shape index (κ1) is 11.9. The van der Waals surface area contributed by atoms with Gasteiger partial charge in [-0.2, -0.15) is 0 Å². The number of amides is 1. The van der Waals surface area contributed by atoms with E-state index in [9.17, 15) is 4.79 Å². The number of nitrogens with zero attached hydrogens (tertiary/aromatic N) is 1. The van der Waals surface area contributed by atoms with Crippen molar-refractivity contribution in [2.45, 2.75) is 25.4 Å². The van der Waals surface area contributed by atoms with Gasteiger partial charge in [0, 0.05) is 13.1 Å². The molecule has 2 rings (SSSR count). The number of carbonyl (C=O) groups excluding carboxylic acids is 1. The van der Waals surface area contributed by atoms with Crippen LogP contribution in [0.1, 0.15) is 18.9 Å². The molecular formula is C13H18N2O2. The minimum atomic E-state index is -0.688. The summed E-state index contributed by atoms with van der Waals surface area (Å²) >= 11 is 0. The zero-order valence-electron chi connectivity index (χ0n) is 10.3. The Balaban J connectivity index is 2.04. The van der Waals surface area contributed by atoms with Gasteiger partial charge in [0.1, 0.15) is 5.75 Å². The lowest BCUT2D eigenvalue weighted by Crippen LogP contribution is -2.44. The van der Waals surface area contributed by atoms with Crippen LogP contribution in [-0.2, 0) is 11.3 Å². The molecule has 0 unspecified atom stereocenters. The number of benzene rings is 1. The summed E-state index contributed by atoms with van der Waals surface area (Å²) in [6.07, 6.45) is 0.724. The number of ether oxygens (including phenoxy) is 1. The van der Waals surface area contributed by atoms with Crippen LogP contribution in [0.15, 0.2) is 24.3 Å². The van der Waals surface area contributed by atoms with Crippen molar-refractivity contribution in [3.8, 4) is 5.75 Å². The number of likely N-dealkylation sites (tertiary alicyclic amines) is 1. The second-order valence-corrected chi connectivity index (χ2v) is 4.74. The van der Waals surface area contributed by atoms with Gasteiger partial charge in [-0.3, -0.25) is 4.79 Å². The molecule has 0 aromatic heterocycles. The predicted molar refractivity (Wildman–Crippen MR) is 65.6 cm³/mol. The smallest absolute Gasteiger partial charge is 0.242 e. The first-order chi connectivity index (χ1) is 8.03. The summed E-state index contributed by atoms with van der Waals surface area (Å²) < 4.78 is 5.09. The number of methoxy groups -OCH3 is 1. The van der Waals surface area contributed by atoms with E-state index in [1.165, 1.54) is 0 Å². The fourth-order valence-corrected chi connectivity index (χ4v) is 2.04. The van der Waals surface area contributed by atoms with E-state index in [0.717, 1.165) is 24.3 Å². The van der Waals surface area contributed by atoms with E-state index in [1.54, 1.807) is 14.0 Å². The molecule has 92 valence electrons. The van der Waals surface area contributed by atoms with Crippen LogP contribution in [0.25, 0.3) is 0 Å². The molecule has 1 heterocycles. The second kappa shape index (κ2) is 4.37. The Morgan fingerprint density at radius 1 is 1.41 bits per heavy atom. The van der Waals surface area contributed by atoms with E-state index in [0.29, 0.717) is 6.54 Å². The maximum Gasteiger partial charge on any atom is 0.242 e. The summed E-state index contributed by atoms with van der Waals surface area (Å²) in [4.78, 5) is 13.7. The molecular weight excluding hydrogens is 216 g/mol. The van der Waals surface area contributed by atoms with Crippen LogP contribution in [0.2, 0.25) is 0 Å². The molecule has 0 radical (unpaired) electrons. The third kappa shape index (κ3) is 2.42. The number of nitrogens with two attached hydrogens (primary N) is 1. The molecule has 1 aliphatic rings. The highest BCUT2D eigenvalue weighted by Crippen LogP contribution is 2.22. The van der Waals surface area contributed by atoms with Crippen molar-refractivity contribution in [3.63, 3.8) is 0 Å². The van der Waals surface area contributed by atoms with Crippen molar-refractivity contribution < 1.29 is 9.53 Å². The van der Waals surface area contributed by atoms with Crippen molar-refractivity contribution in [1.82, 2.24) is 4.90 Å². The summed E-state index contributed by atoms with van der Waals surface area (Å²) in [5.41, 5.74) is 6.31. The molecule has 0 bridgehead atoms. The van der Waals surface area contributed by atoms with E-state index < -0.39 is 5.54 Å². The van der Waals surface area contributed by atoms with Crippen molar-refractivity contribution in [2.75, 3.05) is 13.7 Å². The van der Waals surface area contributed by atoms with E-state index in [4.69, 9.17) is 10.5 Å². The summed E-state index contributed by atoms with van der Waals surface area (Å²) in [6, 6.07) is 7.74. The van der Waals surface area contributed by atoms with Crippen LogP contribution in [0.4, 0.5) is 0 Å². The third-order valence-corrected chi connectivity index (χ3v) is 3.21. The number of carbonyl (C=O) groups is 1. The summed E-state index contributed by atoms with van der Waals surface area (Å²) in [7, 11) is 1.64. The van der Waals surface area contributed by atoms with Crippen LogP contribution in [0, 0.1) is 0 Å². The maximum absolute atomic E-state index is 11.9. The third-order valence-electron chi connectivity index (χ3n) is 3.21. The molecule has 4 heteroatoms. The number of rotatable bonds is 3. The Hall–Kier alpha value is -1.55. The molecule has 2 N–H and O–H groups in total. The van der Waals surface area contributed by atoms with E-state index in [-0.39, 0.29) is 5.91 Å². The second-order valence-electron chi connectivity index (χ2n) is 4.74. The highest BCUT2D eigenvalue weighted by molar-refractivity contribution is 5.87. The lowest BCUT2D eigenvalue weighted by atomic mass is 10.0. The number of hydrogen-bond acceptors (Lipinski definition) is 3. The zero-order chi connectivity index (χ0) is 12.5. The average molecular weight is 234 g/mol. The Morgan fingerprint density at radius 2 is 2.06 bits per heavy atom. The molecule has 1 aromatic rings. The quantitative estimate of drug-likeness (QED) is 0.853. The summed E-state index contributed by atoms with van der Waals surface area (Å²) in [5, 5.41) is 0. The van der Waals surface area contributed by atoms with Gasteiger partial charge in [-0.15, -0.1) is 0 Å². The van der Waals surface area contributed by atoms with Crippen molar-refractivity contribution >= 4 is 5.91 Å². The van der Waals surface area contributed by atoms with Crippen LogP contribution in [-0.4, -0.2) is 30.0 Å². The maximum atomic E-state index is 11.9. The van der Waals surface area contributed by atoms with Crippen LogP contribution >= 0.6 is 0 Å². The Bertz CT molecular complexity index is 412. The standard InChI is InChI=1S/C13H18N2O2/c1-13(14)7-8-15(12(13)16)9-10-3-5-11(17-2)6-4-10/h3-6H,7-9,14H2,1-2H3/t13-/m0/s1. The molecule has 4 nitrogen and oxygen atoms in total. The highest BCUT2D eigenvalue weighted by atomic mass is 16.5. The van der Waals surface area contributed by atoms with Crippen molar-refractivity contribution in [2.24, 2.45) is 5.73 Å². The zero-order valence-corrected chi connectivity index (χ0v) is 10.3. The molecule has 0 spiro atoms. The SMILES string of the molecule is COc1ccc(CN2CC[C@](C)(N)C2=O)cc1. The van der Waals surface area contributed by atoms with E-state index in [2.05, 4.69) is 0 Å². The Labute approximate surface area is 101 Å². The van der Waals surface area contributed by atoms with Gasteiger partial charge in [0.15, 0.2) is 0 Å². The first-order valence-electron chi connectivity index (χ1n) is 5.74. The van der Waals surface area contributed by atoms with Gasteiger partial charge in [-0.1, -0.05) is 12.1 Å². The number of hydrogen-bond donors (Lipinski definition) is 1. The molecule has 1 aromatic carbocycles. The van der Waals surface area contributed by atoms with Gasteiger partial charge in [-0.25, -0.2) is 0 Å². The first-order valence-corrected chi connectivity index (χ1v) is 5.74. The Kier molecular flexibility index (Phi) is 3.07. The van der Waals surface area contributed by atoms with Crippen LogP contribution in [0.5, 0.6) is 5.75 Å². The highest BCUT2D eigenvalue weighted by Gasteiger charge is 2.38. The molecule has 1 amide bonds. The minimum Gasteiger partial charge on any atom is -0.497 e. The molecule has 1 aliphatic heterocycles. The van der Waals surface area contributed by atoms with E-state index in [1.807, 2.05) is 29.2 Å². The van der Waals surface area contributed by atoms with Crippen molar-refractivity contribution in [1.29, 1.82) is 0 Å². The molecule has 0 saturated carbocycles. The molecule has 1 atom stereocenters. The van der Waals surface area contributed by atoms with Crippen molar-refractivity contribution in [3.05, 3.63) is 29.8 Å². The van der Waals surface area contributed by atoms with Gasteiger partial charge in [0.2, 0.25) is 5.91 Å². The van der Waals surface area contributed by atoms with Gasteiger partial charge >= 0.3 is 0 Å². The molecule has 0 aliphatic carbocycles. The topological polar surface area (TPSA) is 55.6 Å². The van der Waals surface area contributed by atoms with Gasteiger partial charge in [0.05, 0.1) is 12.6 Å². The largest absolute Gasteiger partial charge is 0.497 e. The van der Waals surface area contributed by atoms with Gasteiger partial charge in [-0.05, 0) is 31.0 Å². The Morgan fingerprint density at radius 3 is 2.53 bits per heavy atom. The van der Waals surface area contributed by atoms with Crippen LogP contribution in [0.3, 0.4) is 0 Å². The molecule has 17 heavy (non-hydrogen) atoms. The molecule has 1 fully saturated rings. The van der Waals surface area contributed by atoms with Gasteiger partial charge in [0.25, 0.3) is 0 Å². The predicted octanol–water partition coefficient (Wildman–Crippen LogP) is 1.14. The normalized spacial score (nSPS) is 24.2. The molecule has 1 saturated heterocycles. The minimum absolute atomic E-state index is 0.0355. The van der Waals surface area contributed by atoms with E-state index >= 15 is 0 Å². The lowest BCUT2D eigenvalue weighted by molar-refractivity contribution is -0.132.